The minimum absolute atomic E-state index is 0.0737. The van der Waals surface area contributed by atoms with Crippen molar-refractivity contribution in [2.24, 2.45) is 0 Å². The Morgan fingerprint density at radius 2 is 1.61 bits per heavy atom. The van der Waals surface area contributed by atoms with Gasteiger partial charge in [-0.05, 0) is 31.2 Å². The molecule has 4 nitrogen and oxygen atoms in total. The Kier molecular flexibility index (Phi) is 3.95. The van der Waals surface area contributed by atoms with E-state index in [1.807, 2.05) is 0 Å². The first kappa shape index (κ1) is 14.0. The van der Waals surface area contributed by atoms with Crippen molar-refractivity contribution in [2.75, 3.05) is 0 Å². The van der Waals surface area contributed by atoms with Crippen LogP contribution in [0, 0.1) is 0 Å². The van der Waals surface area contributed by atoms with Crippen LogP contribution in [0.15, 0.2) is 24.3 Å². The molecule has 1 rings (SSSR count). The van der Waals surface area contributed by atoms with Crippen molar-refractivity contribution >= 4 is 11.9 Å². The standard InChI is InChI=1S/C11H9F3O4/c1-6(11(12,13)14)18-10(17)8-4-2-7(3-5-8)9(15)16/h2-6H,1H3,(H,15,16). The topological polar surface area (TPSA) is 63.6 Å². The summed E-state index contributed by atoms with van der Waals surface area (Å²) in [6.07, 6.45) is -6.85. The van der Waals surface area contributed by atoms with Gasteiger partial charge in [-0.25, -0.2) is 9.59 Å². The molecule has 0 aromatic heterocycles. The normalized spacial score (nSPS) is 12.9. The fraction of sp³-hybridized carbons (Fsp3) is 0.273. The lowest BCUT2D eigenvalue weighted by Gasteiger charge is -2.16. The molecule has 0 spiro atoms. The summed E-state index contributed by atoms with van der Waals surface area (Å²) in [5, 5.41) is 8.60. The number of esters is 1. The molecule has 0 aliphatic rings. The van der Waals surface area contributed by atoms with Gasteiger partial charge >= 0.3 is 18.1 Å². The predicted octanol–water partition coefficient (Wildman–Crippen LogP) is 2.49. The molecule has 0 aliphatic heterocycles. The molecule has 18 heavy (non-hydrogen) atoms. The van der Waals surface area contributed by atoms with Crippen LogP contribution < -0.4 is 0 Å². The molecule has 0 amide bonds. The van der Waals surface area contributed by atoms with E-state index < -0.39 is 24.2 Å². The van der Waals surface area contributed by atoms with Crippen LogP contribution in [-0.2, 0) is 4.74 Å². The Morgan fingerprint density at radius 1 is 1.17 bits per heavy atom. The maximum Gasteiger partial charge on any atom is 0.425 e. The van der Waals surface area contributed by atoms with Crippen molar-refractivity contribution in [3.05, 3.63) is 35.4 Å². The smallest absolute Gasteiger partial charge is 0.425 e. The molecule has 98 valence electrons. The summed E-state index contributed by atoms with van der Waals surface area (Å²) in [6.45, 7) is 0.712. The number of carbonyl (C=O) groups is 2. The van der Waals surface area contributed by atoms with E-state index in [9.17, 15) is 22.8 Å². The minimum Gasteiger partial charge on any atom is -0.478 e. The molecule has 0 fully saturated rings. The largest absolute Gasteiger partial charge is 0.478 e. The molecule has 1 atom stereocenters. The Labute approximate surface area is 100.0 Å². The highest BCUT2D eigenvalue weighted by molar-refractivity contribution is 5.92. The number of carboxylic acid groups (broad SMARTS) is 1. The van der Waals surface area contributed by atoms with E-state index in [4.69, 9.17) is 5.11 Å². The van der Waals surface area contributed by atoms with E-state index in [-0.39, 0.29) is 11.1 Å². The molecule has 0 bridgehead atoms. The third-order valence-corrected chi connectivity index (χ3v) is 2.11. The van der Waals surface area contributed by atoms with Gasteiger partial charge < -0.3 is 9.84 Å². The van der Waals surface area contributed by atoms with Crippen LogP contribution in [0.1, 0.15) is 27.6 Å². The van der Waals surface area contributed by atoms with E-state index in [0.717, 1.165) is 24.3 Å². The summed E-state index contributed by atoms with van der Waals surface area (Å²) in [7, 11) is 0. The lowest BCUT2D eigenvalue weighted by molar-refractivity contribution is -0.198. The number of hydrogen-bond acceptors (Lipinski definition) is 3. The maximum absolute atomic E-state index is 12.1. The molecule has 0 saturated heterocycles. The van der Waals surface area contributed by atoms with Gasteiger partial charge in [0.25, 0.3) is 0 Å². The second kappa shape index (κ2) is 5.07. The number of rotatable bonds is 3. The molecule has 7 heteroatoms. The molecule has 1 aromatic rings. The van der Waals surface area contributed by atoms with Crippen LogP contribution >= 0.6 is 0 Å². The molecule has 1 N–H and O–H groups in total. The van der Waals surface area contributed by atoms with Gasteiger partial charge in [0.15, 0.2) is 6.10 Å². The third kappa shape index (κ3) is 3.47. The average Bonchev–Trinajstić information content (AvgIpc) is 2.27. The zero-order valence-corrected chi connectivity index (χ0v) is 9.19. The number of halogens is 3. The SMILES string of the molecule is CC(OC(=O)c1ccc(C(=O)O)cc1)C(F)(F)F. The molecule has 0 saturated carbocycles. The fourth-order valence-electron chi connectivity index (χ4n) is 1.04. The summed E-state index contributed by atoms with van der Waals surface area (Å²) in [4.78, 5) is 21.8. The summed E-state index contributed by atoms with van der Waals surface area (Å²) in [5.74, 6) is -2.35. The number of benzene rings is 1. The Morgan fingerprint density at radius 3 is 2.00 bits per heavy atom. The highest BCUT2D eigenvalue weighted by atomic mass is 19.4. The summed E-state index contributed by atoms with van der Waals surface area (Å²) >= 11 is 0. The maximum atomic E-state index is 12.1. The number of carbonyl (C=O) groups excluding carboxylic acids is 1. The third-order valence-electron chi connectivity index (χ3n) is 2.11. The summed E-state index contributed by atoms with van der Waals surface area (Å²) < 4.78 is 40.6. The molecule has 0 heterocycles. The highest BCUT2D eigenvalue weighted by Crippen LogP contribution is 2.23. The molecular weight excluding hydrogens is 253 g/mol. The Hall–Kier alpha value is -2.05. The zero-order chi connectivity index (χ0) is 13.9. The first-order valence-corrected chi connectivity index (χ1v) is 4.83. The van der Waals surface area contributed by atoms with Crippen LogP contribution in [0.4, 0.5) is 13.2 Å². The Balaban J connectivity index is 2.76. The number of alkyl halides is 3. The quantitative estimate of drug-likeness (QED) is 0.850. The van der Waals surface area contributed by atoms with Crippen LogP contribution in [0.2, 0.25) is 0 Å². The summed E-state index contributed by atoms with van der Waals surface area (Å²) in [6, 6.07) is 4.40. The first-order valence-electron chi connectivity index (χ1n) is 4.83. The number of carboxylic acids is 1. The predicted molar refractivity (Wildman–Crippen MR) is 54.3 cm³/mol. The van der Waals surface area contributed by atoms with Crippen LogP contribution in [0.5, 0.6) is 0 Å². The van der Waals surface area contributed by atoms with Crippen LogP contribution in [-0.4, -0.2) is 29.3 Å². The molecular formula is C11H9F3O4. The summed E-state index contributed by atoms with van der Waals surface area (Å²) in [5.41, 5.74) is -0.216. The van der Waals surface area contributed by atoms with Gasteiger partial charge in [-0.1, -0.05) is 0 Å². The van der Waals surface area contributed by atoms with Gasteiger partial charge in [0.2, 0.25) is 0 Å². The van der Waals surface area contributed by atoms with Crippen molar-refractivity contribution < 1.29 is 32.6 Å². The second-order valence-corrected chi connectivity index (χ2v) is 3.47. The van der Waals surface area contributed by atoms with Gasteiger partial charge in [-0.3, -0.25) is 0 Å². The lowest BCUT2D eigenvalue weighted by Crippen LogP contribution is -2.30. The van der Waals surface area contributed by atoms with E-state index >= 15 is 0 Å². The fourth-order valence-corrected chi connectivity index (χ4v) is 1.04. The van der Waals surface area contributed by atoms with Gasteiger partial charge in [0.05, 0.1) is 11.1 Å². The van der Waals surface area contributed by atoms with E-state index in [1.165, 1.54) is 0 Å². The lowest BCUT2D eigenvalue weighted by atomic mass is 10.1. The number of ether oxygens (including phenoxy) is 1. The molecule has 0 radical (unpaired) electrons. The number of hydrogen-bond donors (Lipinski definition) is 1. The van der Waals surface area contributed by atoms with Crippen molar-refractivity contribution in [2.45, 2.75) is 19.2 Å². The highest BCUT2D eigenvalue weighted by Gasteiger charge is 2.39. The van der Waals surface area contributed by atoms with Crippen molar-refractivity contribution in [1.29, 1.82) is 0 Å². The van der Waals surface area contributed by atoms with Gasteiger partial charge in [0.1, 0.15) is 0 Å². The van der Waals surface area contributed by atoms with Crippen LogP contribution in [0.3, 0.4) is 0 Å². The van der Waals surface area contributed by atoms with Gasteiger partial charge in [-0.15, -0.1) is 0 Å². The molecule has 1 unspecified atom stereocenters. The molecule has 0 aliphatic carbocycles. The minimum atomic E-state index is -4.63. The average molecular weight is 262 g/mol. The van der Waals surface area contributed by atoms with E-state index in [1.54, 1.807) is 0 Å². The van der Waals surface area contributed by atoms with E-state index in [0.29, 0.717) is 6.92 Å². The Bertz CT molecular complexity index is 450. The van der Waals surface area contributed by atoms with Crippen molar-refractivity contribution in [1.82, 2.24) is 0 Å². The van der Waals surface area contributed by atoms with Gasteiger partial charge in [0, 0.05) is 0 Å². The zero-order valence-electron chi connectivity index (χ0n) is 9.19. The van der Waals surface area contributed by atoms with Gasteiger partial charge in [-0.2, -0.15) is 13.2 Å². The first-order chi connectivity index (χ1) is 8.21. The second-order valence-electron chi connectivity index (χ2n) is 3.47. The van der Waals surface area contributed by atoms with E-state index in [2.05, 4.69) is 4.74 Å². The number of aromatic carboxylic acids is 1. The van der Waals surface area contributed by atoms with Crippen molar-refractivity contribution in [3.63, 3.8) is 0 Å². The van der Waals surface area contributed by atoms with Crippen molar-refractivity contribution in [3.8, 4) is 0 Å². The molecule has 1 aromatic carbocycles. The van der Waals surface area contributed by atoms with Crippen LogP contribution in [0.25, 0.3) is 0 Å². The monoisotopic (exact) mass is 262 g/mol.